The Morgan fingerprint density at radius 2 is 2.08 bits per heavy atom. The molecule has 3 heterocycles. The molecule has 1 fully saturated rings. The van der Waals surface area contributed by atoms with Gasteiger partial charge in [-0.3, -0.25) is 14.3 Å². The van der Waals surface area contributed by atoms with Crippen LogP contribution in [0.1, 0.15) is 25.1 Å². The fraction of sp³-hybridized carbons (Fsp3) is 0.688. The lowest BCUT2D eigenvalue weighted by Gasteiger charge is -2.35. The highest BCUT2D eigenvalue weighted by molar-refractivity contribution is 5.78. The van der Waals surface area contributed by atoms with Gasteiger partial charge in [0.25, 0.3) is 0 Å². The number of rotatable bonds is 5. The van der Waals surface area contributed by atoms with Crippen LogP contribution in [0.5, 0.6) is 0 Å². The second-order valence-electron chi connectivity index (χ2n) is 6.03. The van der Waals surface area contributed by atoms with Gasteiger partial charge in [0.15, 0.2) is 0 Å². The molecule has 0 radical (unpaired) electrons. The molecule has 0 aromatic carbocycles. The topological polar surface area (TPSA) is 76.9 Å². The summed E-state index contributed by atoms with van der Waals surface area (Å²) in [5.41, 5.74) is 0.950. The molecule has 1 aromatic heterocycles. The zero-order valence-electron chi connectivity index (χ0n) is 14.0. The van der Waals surface area contributed by atoms with Crippen molar-refractivity contribution in [2.45, 2.75) is 25.9 Å². The lowest BCUT2D eigenvalue weighted by Crippen LogP contribution is -2.46. The molecule has 8 nitrogen and oxygen atoms in total. The van der Waals surface area contributed by atoms with E-state index in [1.807, 2.05) is 22.6 Å². The molecule has 1 aromatic rings. The second-order valence-corrected chi connectivity index (χ2v) is 6.03. The van der Waals surface area contributed by atoms with Gasteiger partial charge in [-0.1, -0.05) is 0 Å². The fourth-order valence-corrected chi connectivity index (χ4v) is 3.15. The minimum absolute atomic E-state index is 0.0480. The summed E-state index contributed by atoms with van der Waals surface area (Å²) >= 11 is 0. The Kier molecular flexibility index (Phi) is 5.47. The Morgan fingerprint density at radius 3 is 2.83 bits per heavy atom. The molecule has 132 valence electrons. The highest BCUT2D eigenvalue weighted by atomic mass is 16.5. The van der Waals surface area contributed by atoms with Crippen LogP contribution >= 0.6 is 0 Å². The van der Waals surface area contributed by atoms with E-state index < -0.39 is 0 Å². The van der Waals surface area contributed by atoms with E-state index in [2.05, 4.69) is 5.10 Å². The van der Waals surface area contributed by atoms with Gasteiger partial charge in [-0.15, -0.1) is 0 Å². The zero-order valence-corrected chi connectivity index (χ0v) is 14.0. The first-order chi connectivity index (χ1) is 11.7. The van der Waals surface area contributed by atoms with Crippen LogP contribution in [0, 0.1) is 0 Å². The van der Waals surface area contributed by atoms with Gasteiger partial charge in [0.2, 0.25) is 11.8 Å². The molecule has 0 N–H and O–H groups in total. The van der Waals surface area contributed by atoms with Gasteiger partial charge in [-0.2, -0.15) is 5.10 Å². The maximum Gasteiger partial charge on any atom is 0.248 e. The quantitative estimate of drug-likeness (QED) is 0.759. The van der Waals surface area contributed by atoms with Crippen molar-refractivity contribution in [1.29, 1.82) is 0 Å². The Labute approximate surface area is 141 Å². The van der Waals surface area contributed by atoms with Gasteiger partial charge in [0, 0.05) is 32.4 Å². The zero-order chi connectivity index (χ0) is 16.9. The predicted octanol–water partition coefficient (Wildman–Crippen LogP) is 0.0518. The number of morpholine rings is 1. The molecule has 3 rings (SSSR count). The van der Waals surface area contributed by atoms with Crippen molar-refractivity contribution in [3.63, 3.8) is 0 Å². The highest BCUT2D eigenvalue weighted by Gasteiger charge is 2.31. The summed E-state index contributed by atoms with van der Waals surface area (Å²) < 4.78 is 12.4. The van der Waals surface area contributed by atoms with E-state index >= 15 is 0 Å². The molecule has 0 aliphatic carbocycles. The van der Waals surface area contributed by atoms with Gasteiger partial charge in [0.05, 0.1) is 37.9 Å². The van der Waals surface area contributed by atoms with Gasteiger partial charge < -0.3 is 19.3 Å². The van der Waals surface area contributed by atoms with E-state index in [0.29, 0.717) is 52.4 Å². The summed E-state index contributed by atoms with van der Waals surface area (Å²) in [5, 5.41) is 4.34. The Bertz CT molecular complexity index is 582. The molecule has 2 aliphatic heterocycles. The van der Waals surface area contributed by atoms with E-state index in [1.165, 1.54) is 0 Å². The third-order valence-corrected chi connectivity index (χ3v) is 4.44. The number of aromatic nitrogens is 2. The smallest absolute Gasteiger partial charge is 0.248 e. The third-order valence-electron chi connectivity index (χ3n) is 4.44. The van der Waals surface area contributed by atoms with Crippen LogP contribution in [0.15, 0.2) is 12.3 Å². The number of hydrogen-bond donors (Lipinski definition) is 0. The van der Waals surface area contributed by atoms with Gasteiger partial charge in [-0.05, 0) is 13.0 Å². The number of carbonyl (C=O) groups is 2. The van der Waals surface area contributed by atoms with E-state index in [-0.39, 0.29) is 24.5 Å². The van der Waals surface area contributed by atoms with Crippen LogP contribution in [0.4, 0.5) is 0 Å². The first-order valence-electron chi connectivity index (χ1n) is 8.42. The van der Waals surface area contributed by atoms with Crippen molar-refractivity contribution in [3.05, 3.63) is 18.0 Å². The SMILES string of the molecule is CCOCC(=O)N1Cc2ccnn2[C@@H](CC(=O)N2CCOCC2)C1. The van der Waals surface area contributed by atoms with Crippen molar-refractivity contribution in [2.75, 3.05) is 46.1 Å². The number of hydrogen-bond acceptors (Lipinski definition) is 5. The average Bonchev–Trinajstić information content (AvgIpc) is 3.09. The van der Waals surface area contributed by atoms with Crippen LogP contribution in [0.25, 0.3) is 0 Å². The lowest BCUT2D eigenvalue weighted by molar-refractivity contribution is -0.141. The molecule has 0 bridgehead atoms. The molecule has 0 saturated carbocycles. The number of carbonyl (C=O) groups excluding carboxylic acids is 2. The number of fused-ring (bicyclic) bond motifs is 1. The molecular formula is C16H24N4O4. The normalized spacial score (nSPS) is 20.8. The number of nitrogens with zero attached hydrogens (tertiary/aromatic N) is 4. The molecule has 1 saturated heterocycles. The van der Waals surface area contributed by atoms with E-state index in [4.69, 9.17) is 9.47 Å². The third kappa shape index (κ3) is 3.76. The minimum atomic E-state index is -0.135. The second kappa shape index (κ2) is 7.76. The molecule has 8 heteroatoms. The predicted molar refractivity (Wildman–Crippen MR) is 85.2 cm³/mol. The fourth-order valence-electron chi connectivity index (χ4n) is 3.15. The molecule has 2 amide bonds. The summed E-state index contributed by atoms with van der Waals surface area (Å²) in [7, 11) is 0. The van der Waals surface area contributed by atoms with E-state index in [9.17, 15) is 9.59 Å². The molecule has 24 heavy (non-hydrogen) atoms. The minimum Gasteiger partial charge on any atom is -0.378 e. The maximum absolute atomic E-state index is 12.5. The number of ether oxygens (including phenoxy) is 2. The van der Waals surface area contributed by atoms with Crippen molar-refractivity contribution in [2.24, 2.45) is 0 Å². The molecule has 2 aliphatic rings. The largest absolute Gasteiger partial charge is 0.378 e. The van der Waals surface area contributed by atoms with Crippen molar-refractivity contribution in [1.82, 2.24) is 19.6 Å². The molecule has 0 spiro atoms. The summed E-state index contributed by atoms with van der Waals surface area (Å²) in [6.07, 6.45) is 2.06. The molecular weight excluding hydrogens is 312 g/mol. The highest BCUT2D eigenvalue weighted by Crippen LogP contribution is 2.24. The first kappa shape index (κ1) is 16.9. The molecule has 0 unspecified atom stereocenters. The van der Waals surface area contributed by atoms with Crippen molar-refractivity contribution < 1.29 is 19.1 Å². The number of amides is 2. The van der Waals surface area contributed by atoms with Gasteiger partial charge in [0.1, 0.15) is 6.61 Å². The van der Waals surface area contributed by atoms with Crippen LogP contribution in [0.3, 0.4) is 0 Å². The standard InChI is InChI=1S/C16H24N4O4/c1-2-23-12-16(22)19-10-13-3-4-17-20(13)14(11-19)9-15(21)18-5-7-24-8-6-18/h3-4,14H,2,5-12H2,1H3/t14-/m0/s1. The van der Waals surface area contributed by atoms with Crippen LogP contribution in [-0.4, -0.2) is 77.5 Å². The Morgan fingerprint density at radius 1 is 1.29 bits per heavy atom. The summed E-state index contributed by atoms with van der Waals surface area (Å²) in [5.74, 6) is 0.0389. The van der Waals surface area contributed by atoms with Crippen molar-refractivity contribution in [3.8, 4) is 0 Å². The van der Waals surface area contributed by atoms with E-state index in [0.717, 1.165) is 5.69 Å². The van der Waals surface area contributed by atoms with Crippen LogP contribution in [0.2, 0.25) is 0 Å². The summed E-state index contributed by atoms with van der Waals surface area (Å²) in [6, 6.07) is 1.76. The Balaban J connectivity index is 1.67. The Hall–Kier alpha value is -1.93. The maximum atomic E-state index is 12.5. The van der Waals surface area contributed by atoms with Gasteiger partial charge >= 0.3 is 0 Å². The molecule has 1 atom stereocenters. The van der Waals surface area contributed by atoms with E-state index in [1.54, 1.807) is 11.1 Å². The summed E-state index contributed by atoms with van der Waals surface area (Å²) in [6.45, 7) is 5.87. The van der Waals surface area contributed by atoms with Gasteiger partial charge in [-0.25, -0.2) is 0 Å². The average molecular weight is 336 g/mol. The monoisotopic (exact) mass is 336 g/mol. The summed E-state index contributed by atoms with van der Waals surface area (Å²) in [4.78, 5) is 28.4. The first-order valence-corrected chi connectivity index (χ1v) is 8.42. The van der Waals surface area contributed by atoms with Crippen LogP contribution < -0.4 is 0 Å². The van der Waals surface area contributed by atoms with Crippen molar-refractivity contribution >= 4 is 11.8 Å². The van der Waals surface area contributed by atoms with Crippen LogP contribution in [-0.2, 0) is 25.6 Å². The lowest BCUT2D eigenvalue weighted by atomic mass is 10.1.